The molecule has 0 spiro atoms. The molecule has 0 atom stereocenters. The Bertz CT molecular complexity index is 591. The molecule has 0 aliphatic carbocycles. The van der Waals surface area contributed by atoms with E-state index in [4.69, 9.17) is 9.84 Å². The number of amides is 2. The molecular weight excluding hydrogens is 300 g/mol. The van der Waals surface area contributed by atoms with Crippen LogP contribution < -0.4 is 0 Å². The molecule has 0 saturated carbocycles. The van der Waals surface area contributed by atoms with Crippen LogP contribution in [0.4, 0.5) is 0 Å². The van der Waals surface area contributed by atoms with E-state index in [0.717, 1.165) is 5.56 Å². The lowest BCUT2D eigenvalue weighted by atomic mass is 10.1. The van der Waals surface area contributed by atoms with Crippen LogP contribution in [0.2, 0.25) is 0 Å². The van der Waals surface area contributed by atoms with E-state index in [-0.39, 0.29) is 36.5 Å². The number of carboxylic acids is 1. The van der Waals surface area contributed by atoms with Crippen molar-refractivity contribution < 1.29 is 24.2 Å². The lowest BCUT2D eigenvalue weighted by Gasteiger charge is -2.39. The molecule has 0 radical (unpaired) electrons. The summed E-state index contributed by atoms with van der Waals surface area (Å²) < 4.78 is 5.42. The second kappa shape index (κ2) is 7.23. The van der Waals surface area contributed by atoms with Gasteiger partial charge in [-0.05, 0) is 17.7 Å². The van der Waals surface area contributed by atoms with Gasteiger partial charge in [-0.2, -0.15) is 0 Å². The minimum Gasteiger partial charge on any atom is -0.478 e. The largest absolute Gasteiger partial charge is 0.478 e. The Morgan fingerprint density at radius 2 is 1.83 bits per heavy atom. The van der Waals surface area contributed by atoms with E-state index >= 15 is 0 Å². The highest BCUT2D eigenvalue weighted by Gasteiger charge is 2.31. The number of rotatable bonds is 6. The van der Waals surface area contributed by atoms with Gasteiger partial charge >= 0.3 is 5.97 Å². The SMILES string of the molecule is CN(C)C(=O)COC1CN(C(=O)Cc2ccc(C(=O)O)cc2)C1. The highest BCUT2D eigenvalue weighted by molar-refractivity contribution is 5.87. The van der Waals surface area contributed by atoms with Crippen molar-refractivity contribution >= 4 is 17.8 Å². The van der Waals surface area contributed by atoms with Crippen LogP contribution in [0.5, 0.6) is 0 Å². The molecule has 1 aliphatic rings. The van der Waals surface area contributed by atoms with E-state index in [2.05, 4.69) is 0 Å². The number of likely N-dealkylation sites (N-methyl/N-ethyl adjacent to an activating group) is 1. The Kier molecular flexibility index (Phi) is 5.33. The maximum absolute atomic E-state index is 12.1. The number of carbonyl (C=O) groups excluding carboxylic acids is 2. The van der Waals surface area contributed by atoms with E-state index in [9.17, 15) is 14.4 Å². The van der Waals surface area contributed by atoms with E-state index in [1.807, 2.05) is 0 Å². The third kappa shape index (κ3) is 4.53. The van der Waals surface area contributed by atoms with Crippen molar-refractivity contribution in [3.8, 4) is 0 Å². The first-order chi connectivity index (χ1) is 10.9. The van der Waals surface area contributed by atoms with Crippen LogP contribution in [0.1, 0.15) is 15.9 Å². The van der Waals surface area contributed by atoms with Crippen LogP contribution in [-0.4, -0.2) is 72.6 Å². The van der Waals surface area contributed by atoms with E-state index in [1.165, 1.54) is 17.0 Å². The average Bonchev–Trinajstić information content (AvgIpc) is 2.45. The van der Waals surface area contributed by atoms with E-state index in [0.29, 0.717) is 13.1 Å². The topological polar surface area (TPSA) is 87.2 Å². The molecule has 23 heavy (non-hydrogen) atoms. The fraction of sp³-hybridized carbons (Fsp3) is 0.438. The van der Waals surface area contributed by atoms with Crippen LogP contribution in [0.3, 0.4) is 0 Å². The second-order valence-electron chi connectivity index (χ2n) is 5.70. The van der Waals surface area contributed by atoms with Crippen molar-refractivity contribution in [1.82, 2.24) is 9.80 Å². The van der Waals surface area contributed by atoms with Gasteiger partial charge < -0.3 is 19.6 Å². The quantitative estimate of drug-likeness (QED) is 0.811. The molecule has 124 valence electrons. The first kappa shape index (κ1) is 17.0. The molecule has 1 saturated heterocycles. The maximum Gasteiger partial charge on any atom is 0.335 e. The lowest BCUT2D eigenvalue weighted by molar-refractivity contribution is -0.149. The third-order valence-electron chi connectivity index (χ3n) is 3.70. The molecule has 1 aliphatic heterocycles. The van der Waals surface area contributed by atoms with Gasteiger partial charge in [-0.3, -0.25) is 9.59 Å². The van der Waals surface area contributed by atoms with Gasteiger partial charge in [0.2, 0.25) is 11.8 Å². The molecule has 1 fully saturated rings. The van der Waals surface area contributed by atoms with Gasteiger partial charge in [-0.25, -0.2) is 4.79 Å². The average molecular weight is 320 g/mol. The normalized spacial score (nSPS) is 14.3. The Labute approximate surface area is 134 Å². The minimum absolute atomic E-state index is 0.0242. The zero-order chi connectivity index (χ0) is 17.0. The van der Waals surface area contributed by atoms with Crippen molar-refractivity contribution in [2.45, 2.75) is 12.5 Å². The van der Waals surface area contributed by atoms with E-state index < -0.39 is 5.97 Å². The molecule has 2 rings (SSSR count). The predicted molar refractivity (Wildman–Crippen MR) is 82.1 cm³/mol. The summed E-state index contributed by atoms with van der Waals surface area (Å²) in [5.74, 6) is -1.13. The van der Waals surface area contributed by atoms with Crippen LogP contribution in [0, 0.1) is 0 Å². The van der Waals surface area contributed by atoms with Gasteiger partial charge in [-0.15, -0.1) is 0 Å². The molecule has 1 N–H and O–H groups in total. The number of ether oxygens (including phenoxy) is 1. The predicted octanol–water partition coefficient (Wildman–Crippen LogP) is 0.243. The molecule has 1 heterocycles. The van der Waals surface area contributed by atoms with Crippen molar-refractivity contribution in [1.29, 1.82) is 0 Å². The van der Waals surface area contributed by atoms with Crippen molar-refractivity contribution in [2.75, 3.05) is 33.8 Å². The van der Waals surface area contributed by atoms with Gasteiger partial charge in [0, 0.05) is 27.2 Å². The number of hydrogen-bond donors (Lipinski definition) is 1. The summed E-state index contributed by atoms with van der Waals surface area (Å²) in [7, 11) is 3.33. The number of aromatic carboxylic acids is 1. The number of nitrogens with zero attached hydrogens (tertiary/aromatic N) is 2. The lowest BCUT2D eigenvalue weighted by Crippen LogP contribution is -2.55. The Hall–Kier alpha value is -2.41. The molecule has 7 nitrogen and oxygen atoms in total. The zero-order valence-electron chi connectivity index (χ0n) is 13.2. The number of likely N-dealkylation sites (tertiary alicyclic amines) is 1. The van der Waals surface area contributed by atoms with Gasteiger partial charge in [0.1, 0.15) is 6.61 Å². The maximum atomic E-state index is 12.1. The molecule has 2 amide bonds. The molecular formula is C16H20N2O5. The summed E-state index contributed by atoms with van der Waals surface area (Å²) >= 11 is 0. The highest BCUT2D eigenvalue weighted by Crippen LogP contribution is 2.14. The number of carbonyl (C=O) groups is 3. The fourth-order valence-corrected chi connectivity index (χ4v) is 2.12. The van der Waals surface area contributed by atoms with Crippen molar-refractivity contribution in [2.24, 2.45) is 0 Å². The number of carboxylic acid groups (broad SMARTS) is 1. The van der Waals surface area contributed by atoms with Crippen LogP contribution in [0.25, 0.3) is 0 Å². The Balaban J connectivity index is 1.74. The first-order valence-corrected chi connectivity index (χ1v) is 7.28. The van der Waals surface area contributed by atoms with E-state index in [1.54, 1.807) is 31.1 Å². The van der Waals surface area contributed by atoms with Crippen LogP contribution in [0.15, 0.2) is 24.3 Å². The van der Waals surface area contributed by atoms with Gasteiger partial charge in [0.25, 0.3) is 0 Å². The second-order valence-corrected chi connectivity index (χ2v) is 5.70. The van der Waals surface area contributed by atoms with Gasteiger partial charge in [0.15, 0.2) is 0 Å². The molecule has 1 aromatic carbocycles. The summed E-state index contributed by atoms with van der Waals surface area (Å²) in [4.78, 5) is 37.4. The van der Waals surface area contributed by atoms with Crippen molar-refractivity contribution in [3.63, 3.8) is 0 Å². The number of benzene rings is 1. The minimum atomic E-state index is -0.988. The molecule has 0 bridgehead atoms. The molecule has 7 heteroatoms. The summed E-state index contributed by atoms with van der Waals surface area (Å²) in [5.41, 5.74) is 0.969. The summed E-state index contributed by atoms with van der Waals surface area (Å²) in [5, 5.41) is 8.83. The van der Waals surface area contributed by atoms with Crippen molar-refractivity contribution in [3.05, 3.63) is 35.4 Å². The molecule has 0 unspecified atom stereocenters. The van der Waals surface area contributed by atoms with Gasteiger partial charge in [0.05, 0.1) is 18.1 Å². The summed E-state index contributed by atoms with van der Waals surface area (Å²) in [6.07, 6.45) is 0.126. The number of hydrogen-bond acceptors (Lipinski definition) is 4. The monoisotopic (exact) mass is 320 g/mol. The fourth-order valence-electron chi connectivity index (χ4n) is 2.12. The summed E-state index contributed by atoms with van der Waals surface area (Å²) in [6, 6.07) is 6.26. The Morgan fingerprint density at radius 1 is 1.22 bits per heavy atom. The third-order valence-corrected chi connectivity index (χ3v) is 3.70. The smallest absolute Gasteiger partial charge is 0.335 e. The first-order valence-electron chi connectivity index (χ1n) is 7.28. The van der Waals surface area contributed by atoms with Crippen LogP contribution in [-0.2, 0) is 20.7 Å². The zero-order valence-corrected chi connectivity index (χ0v) is 13.2. The standard InChI is InChI=1S/C16H20N2O5/c1-17(2)15(20)10-23-13-8-18(9-13)14(19)7-11-3-5-12(6-4-11)16(21)22/h3-6,13H,7-10H2,1-2H3,(H,21,22). The highest BCUT2D eigenvalue weighted by atomic mass is 16.5. The summed E-state index contributed by atoms with van der Waals surface area (Å²) in [6.45, 7) is 0.982. The van der Waals surface area contributed by atoms with Gasteiger partial charge in [-0.1, -0.05) is 12.1 Å². The Morgan fingerprint density at radius 3 is 2.35 bits per heavy atom. The molecule has 1 aromatic rings. The molecule has 0 aromatic heterocycles. The van der Waals surface area contributed by atoms with Crippen LogP contribution >= 0.6 is 0 Å².